The number of nitrogens with one attached hydrogen (secondary N) is 2. The molecule has 0 radical (unpaired) electrons. The van der Waals surface area contributed by atoms with Crippen LogP contribution in [0.4, 0.5) is 0 Å². The maximum absolute atomic E-state index is 13.1. The number of rotatable bonds is 3. The molecule has 22 heavy (non-hydrogen) atoms. The Balaban J connectivity index is 1.75. The number of benzene rings is 1. The Labute approximate surface area is 137 Å². The predicted molar refractivity (Wildman–Crippen MR) is 86.0 cm³/mol. The molecule has 4 bridgehead atoms. The Bertz CT molecular complexity index is 613. The molecule has 5 rings (SSSR count). The summed E-state index contributed by atoms with van der Waals surface area (Å²) in [4.78, 5) is 16.2. The van der Waals surface area contributed by atoms with E-state index in [0.717, 1.165) is 44.0 Å². The number of quaternary nitrogens is 2. The van der Waals surface area contributed by atoms with Gasteiger partial charge in [0.1, 0.15) is 23.9 Å². The average Bonchev–Trinajstić information content (AvgIpc) is 2.45. The summed E-state index contributed by atoms with van der Waals surface area (Å²) in [5.74, 6) is 0.548. The Hall–Kier alpha value is -0.900. The molecule has 2 atom stereocenters. The predicted octanol–water partition coefficient (Wildman–Crippen LogP) is 0.511. The number of ketones is 1. The summed E-state index contributed by atoms with van der Waals surface area (Å²) in [6.45, 7) is 8.33. The molecule has 4 heteroatoms. The lowest BCUT2D eigenvalue weighted by molar-refractivity contribution is -1.18. The molecular formula is C18H25ClN2O+2. The van der Waals surface area contributed by atoms with Gasteiger partial charge in [-0.15, -0.1) is 0 Å². The standard InChI is InChI=1S/C18H23ClN2O/c1-3-8-18-11-20-9-17(2,16(18)22)10-21(12-18)15(20)13-6-4-5-7-14(13)19/h4-7,15H,3,8-12H2,1-2H3/p+2. The number of carbonyl (C=O) groups is 1. The molecule has 4 saturated heterocycles. The topological polar surface area (TPSA) is 26.0 Å². The van der Waals surface area contributed by atoms with Gasteiger partial charge >= 0.3 is 0 Å². The first-order valence-electron chi connectivity index (χ1n) is 8.48. The van der Waals surface area contributed by atoms with E-state index in [1.54, 1.807) is 9.80 Å². The normalized spacial score (nSPS) is 42.9. The molecule has 0 aromatic heterocycles. The van der Waals surface area contributed by atoms with E-state index in [2.05, 4.69) is 26.0 Å². The Morgan fingerprint density at radius 2 is 1.82 bits per heavy atom. The highest BCUT2D eigenvalue weighted by Crippen LogP contribution is 2.39. The van der Waals surface area contributed by atoms with Gasteiger partial charge < -0.3 is 0 Å². The van der Waals surface area contributed by atoms with Crippen molar-refractivity contribution in [1.29, 1.82) is 0 Å². The van der Waals surface area contributed by atoms with E-state index >= 15 is 0 Å². The van der Waals surface area contributed by atoms with Crippen molar-refractivity contribution < 1.29 is 14.6 Å². The zero-order chi connectivity index (χ0) is 15.5. The average molecular weight is 321 g/mol. The van der Waals surface area contributed by atoms with Gasteiger partial charge in [0.15, 0.2) is 5.78 Å². The fraction of sp³-hybridized carbons (Fsp3) is 0.611. The van der Waals surface area contributed by atoms with Crippen LogP contribution >= 0.6 is 11.6 Å². The molecule has 4 heterocycles. The molecule has 1 aromatic rings. The van der Waals surface area contributed by atoms with Gasteiger partial charge in [0.25, 0.3) is 0 Å². The number of hydrogen-bond donors (Lipinski definition) is 2. The molecule has 118 valence electrons. The smallest absolute Gasteiger partial charge is 0.241 e. The number of carbonyl (C=O) groups excluding carboxylic acids is 1. The van der Waals surface area contributed by atoms with Gasteiger partial charge in [0.05, 0.1) is 23.7 Å². The number of piperidine rings is 2. The van der Waals surface area contributed by atoms with Crippen molar-refractivity contribution in [2.45, 2.75) is 32.9 Å². The molecule has 0 saturated carbocycles. The molecular weight excluding hydrogens is 296 g/mol. The summed E-state index contributed by atoms with van der Waals surface area (Å²) in [5, 5.41) is 0.876. The van der Waals surface area contributed by atoms with E-state index in [1.165, 1.54) is 5.56 Å². The van der Waals surface area contributed by atoms with Gasteiger partial charge in [-0.25, -0.2) is 0 Å². The molecule has 4 fully saturated rings. The van der Waals surface area contributed by atoms with Crippen LogP contribution in [0.5, 0.6) is 0 Å². The maximum Gasteiger partial charge on any atom is 0.241 e. The molecule has 1 aromatic carbocycles. The molecule has 4 aliphatic rings. The Morgan fingerprint density at radius 1 is 1.18 bits per heavy atom. The molecule has 0 aliphatic carbocycles. The fourth-order valence-corrected chi connectivity index (χ4v) is 5.94. The second-order valence-corrected chi connectivity index (χ2v) is 8.31. The lowest BCUT2D eigenvalue weighted by Crippen LogP contribution is -3.41. The summed E-state index contributed by atoms with van der Waals surface area (Å²) < 4.78 is 0. The van der Waals surface area contributed by atoms with Crippen LogP contribution in [0.1, 0.15) is 38.4 Å². The highest BCUT2D eigenvalue weighted by atomic mass is 35.5. The third-order valence-electron chi connectivity index (χ3n) is 6.16. The third-order valence-corrected chi connectivity index (χ3v) is 6.50. The van der Waals surface area contributed by atoms with Crippen LogP contribution in [0.15, 0.2) is 24.3 Å². The first-order valence-corrected chi connectivity index (χ1v) is 8.85. The van der Waals surface area contributed by atoms with Crippen LogP contribution in [0.25, 0.3) is 0 Å². The van der Waals surface area contributed by atoms with E-state index in [4.69, 9.17) is 11.6 Å². The van der Waals surface area contributed by atoms with E-state index in [0.29, 0.717) is 11.9 Å². The van der Waals surface area contributed by atoms with Crippen LogP contribution < -0.4 is 9.80 Å². The van der Waals surface area contributed by atoms with Crippen LogP contribution in [-0.2, 0) is 4.79 Å². The van der Waals surface area contributed by atoms with E-state index < -0.39 is 0 Å². The summed E-state index contributed by atoms with van der Waals surface area (Å²) >= 11 is 6.48. The Morgan fingerprint density at radius 3 is 2.41 bits per heavy atom. The van der Waals surface area contributed by atoms with Gasteiger partial charge in [0, 0.05) is 0 Å². The second kappa shape index (κ2) is 4.80. The van der Waals surface area contributed by atoms with E-state index in [-0.39, 0.29) is 10.8 Å². The zero-order valence-electron chi connectivity index (χ0n) is 13.4. The van der Waals surface area contributed by atoms with Gasteiger partial charge in [0.2, 0.25) is 6.17 Å². The minimum absolute atomic E-state index is 0.0809. The van der Waals surface area contributed by atoms with Crippen LogP contribution in [0, 0.1) is 10.8 Å². The summed E-state index contributed by atoms with van der Waals surface area (Å²) in [5.41, 5.74) is 1.05. The largest absolute Gasteiger partial charge is 0.297 e. The van der Waals surface area contributed by atoms with E-state index in [1.807, 2.05) is 12.1 Å². The van der Waals surface area contributed by atoms with Crippen molar-refractivity contribution in [3.05, 3.63) is 34.9 Å². The summed E-state index contributed by atoms with van der Waals surface area (Å²) in [6.07, 6.45) is 2.54. The van der Waals surface area contributed by atoms with Gasteiger partial charge in [-0.05, 0) is 25.5 Å². The van der Waals surface area contributed by atoms with Crippen molar-refractivity contribution in [3.8, 4) is 0 Å². The van der Waals surface area contributed by atoms with Gasteiger partial charge in [-0.2, -0.15) is 0 Å². The molecule has 0 spiro atoms. The first kappa shape index (κ1) is 14.7. The molecule has 0 amide bonds. The van der Waals surface area contributed by atoms with E-state index in [9.17, 15) is 4.79 Å². The van der Waals surface area contributed by atoms with Crippen LogP contribution in [0.3, 0.4) is 0 Å². The minimum Gasteiger partial charge on any atom is -0.297 e. The number of hydrogen-bond acceptors (Lipinski definition) is 1. The van der Waals surface area contributed by atoms with Crippen molar-refractivity contribution in [1.82, 2.24) is 0 Å². The summed E-state index contributed by atoms with van der Waals surface area (Å²) in [6, 6.07) is 8.26. The van der Waals surface area contributed by atoms with Crippen LogP contribution in [0.2, 0.25) is 5.02 Å². The molecule has 2 unspecified atom stereocenters. The number of halogens is 1. The van der Waals surface area contributed by atoms with Crippen molar-refractivity contribution in [2.75, 3.05) is 26.2 Å². The van der Waals surface area contributed by atoms with Gasteiger partial charge in [-0.1, -0.05) is 37.1 Å². The van der Waals surface area contributed by atoms with Crippen LogP contribution in [-0.4, -0.2) is 32.0 Å². The van der Waals surface area contributed by atoms with Gasteiger partial charge in [-0.3, -0.25) is 14.6 Å². The molecule has 2 N–H and O–H groups in total. The summed E-state index contributed by atoms with van der Waals surface area (Å²) in [7, 11) is 0. The monoisotopic (exact) mass is 320 g/mol. The fourth-order valence-electron chi connectivity index (χ4n) is 5.70. The lowest BCUT2D eigenvalue weighted by atomic mass is 9.59. The van der Waals surface area contributed by atoms with Crippen molar-refractivity contribution in [2.24, 2.45) is 10.8 Å². The molecule has 3 nitrogen and oxygen atoms in total. The zero-order valence-corrected chi connectivity index (χ0v) is 14.2. The van der Waals surface area contributed by atoms with Crippen molar-refractivity contribution >= 4 is 17.4 Å². The van der Waals surface area contributed by atoms with Crippen molar-refractivity contribution in [3.63, 3.8) is 0 Å². The first-order chi connectivity index (χ1) is 10.5. The number of Topliss-reactive ketones (excluding diaryl/α,β-unsaturated/α-hetero) is 1. The minimum atomic E-state index is -0.131. The highest BCUT2D eigenvalue weighted by molar-refractivity contribution is 6.31. The maximum atomic E-state index is 13.1. The highest BCUT2D eigenvalue weighted by Gasteiger charge is 2.69. The lowest BCUT2D eigenvalue weighted by Gasteiger charge is -2.59. The molecule has 4 aliphatic heterocycles. The SMILES string of the molecule is CCCC12C[NH+]3CC(C)(C[NH+](C1)C3c1ccccc1Cl)C2=O. The quantitative estimate of drug-likeness (QED) is 0.834. The second-order valence-electron chi connectivity index (χ2n) is 7.90. The Kier molecular flexibility index (Phi) is 3.20. The third kappa shape index (κ3) is 1.85.